The Morgan fingerprint density at radius 2 is 2.20 bits per heavy atom. The molecule has 0 aliphatic heterocycles. The van der Waals surface area contributed by atoms with E-state index in [9.17, 15) is 10.1 Å². The van der Waals surface area contributed by atoms with Gasteiger partial charge in [0, 0.05) is 38.0 Å². The van der Waals surface area contributed by atoms with Gasteiger partial charge in [-0.3, -0.25) is 10.1 Å². The molecule has 106 valence electrons. The highest BCUT2D eigenvalue weighted by Gasteiger charge is 2.14. The van der Waals surface area contributed by atoms with Crippen LogP contribution in [0.15, 0.2) is 30.6 Å². The molecule has 1 N–H and O–H groups in total. The molecule has 0 fully saturated rings. The van der Waals surface area contributed by atoms with E-state index in [0.29, 0.717) is 18.2 Å². The third-order valence-corrected chi connectivity index (χ3v) is 3.15. The van der Waals surface area contributed by atoms with E-state index >= 15 is 0 Å². The lowest BCUT2D eigenvalue weighted by Gasteiger charge is -2.11. The van der Waals surface area contributed by atoms with Crippen LogP contribution in [-0.2, 0) is 6.54 Å². The highest BCUT2D eigenvalue weighted by Crippen LogP contribution is 2.25. The van der Waals surface area contributed by atoms with Gasteiger partial charge >= 0.3 is 0 Å². The number of nitrogens with one attached hydrogen (secondary N) is 1. The van der Waals surface area contributed by atoms with E-state index in [0.717, 1.165) is 11.4 Å². The van der Waals surface area contributed by atoms with Crippen molar-refractivity contribution in [2.24, 2.45) is 0 Å². The first-order valence-electron chi connectivity index (χ1n) is 6.49. The van der Waals surface area contributed by atoms with Gasteiger partial charge in [0.1, 0.15) is 11.5 Å². The molecule has 6 nitrogen and oxygen atoms in total. The minimum absolute atomic E-state index is 0.0937. The van der Waals surface area contributed by atoms with Gasteiger partial charge in [0.05, 0.1) is 4.92 Å². The molecule has 0 aliphatic carbocycles. The normalized spacial score (nSPS) is 10.8. The highest BCUT2D eigenvalue weighted by atomic mass is 16.6. The van der Waals surface area contributed by atoms with Crippen LogP contribution in [0.3, 0.4) is 0 Å². The molecule has 0 bridgehead atoms. The zero-order valence-corrected chi connectivity index (χ0v) is 11.8. The predicted octanol–water partition coefficient (Wildman–Crippen LogP) is 3.00. The molecule has 0 unspecified atom stereocenters. The van der Waals surface area contributed by atoms with Crippen molar-refractivity contribution >= 4 is 11.4 Å². The van der Waals surface area contributed by atoms with E-state index in [1.807, 2.05) is 16.8 Å². The van der Waals surface area contributed by atoms with Gasteiger partial charge < -0.3 is 9.88 Å². The Balaban J connectivity index is 2.32. The molecule has 0 saturated carbocycles. The average molecular weight is 274 g/mol. The molecule has 1 aromatic heterocycles. The van der Waals surface area contributed by atoms with Gasteiger partial charge in [-0.25, -0.2) is 4.98 Å². The summed E-state index contributed by atoms with van der Waals surface area (Å²) >= 11 is 0. The quantitative estimate of drug-likeness (QED) is 0.672. The maximum Gasteiger partial charge on any atom is 0.292 e. The van der Waals surface area contributed by atoms with Crippen molar-refractivity contribution in [3.8, 4) is 0 Å². The second-order valence-corrected chi connectivity index (χ2v) is 4.93. The fraction of sp³-hybridized carbons (Fsp3) is 0.357. The monoisotopic (exact) mass is 274 g/mol. The van der Waals surface area contributed by atoms with Crippen LogP contribution in [0.1, 0.15) is 31.2 Å². The van der Waals surface area contributed by atoms with E-state index in [-0.39, 0.29) is 10.6 Å². The van der Waals surface area contributed by atoms with Crippen molar-refractivity contribution in [1.82, 2.24) is 9.55 Å². The second kappa shape index (κ2) is 5.73. The molecule has 0 radical (unpaired) electrons. The summed E-state index contributed by atoms with van der Waals surface area (Å²) in [5.74, 6) is 1.29. The minimum Gasteiger partial charge on any atom is -0.383 e. The number of hydrogen-bond acceptors (Lipinski definition) is 4. The molecule has 0 amide bonds. The summed E-state index contributed by atoms with van der Waals surface area (Å²) in [5, 5.41) is 13.9. The number of benzene rings is 1. The van der Waals surface area contributed by atoms with Gasteiger partial charge in [-0.1, -0.05) is 19.9 Å². The standard InChI is InChI=1S/C14H18N4O2/c1-10(2)14-16-6-7-17(14)9-11-4-5-12(15-3)13(8-11)18(19)20/h4-8,10,15H,9H2,1-3H3. The summed E-state index contributed by atoms with van der Waals surface area (Å²) in [7, 11) is 1.68. The molecule has 0 aliphatic rings. The lowest BCUT2D eigenvalue weighted by Crippen LogP contribution is -2.06. The lowest BCUT2D eigenvalue weighted by molar-refractivity contribution is -0.384. The summed E-state index contributed by atoms with van der Waals surface area (Å²) in [4.78, 5) is 15.0. The van der Waals surface area contributed by atoms with Gasteiger partial charge in [0.25, 0.3) is 5.69 Å². The zero-order valence-electron chi connectivity index (χ0n) is 11.8. The summed E-state index contributed by atoms with van der Waals surface area (Å²) < 4.78 is 2.02. The van der Waals surface area contributed by atoms with Crippen molar-refractivity contribution in [3.63, 3.8) is 0 Å². The van der Waals surface area contributed by atoms with Crippen LogP contribution in [-0.4, -0.2) is 21.5 Å². The second-order valence-electron chi connectivity index (χ2n) is 4.93. The van der Waals surface area contributed by atoms with Crippen molar-refractivity contribution in [2.75, 3.05) is 12.4 Å². The fourth-order valence-corrected chi connectivity index (χ4v) is 2.19. The number of aromatic nitrogens is 2. The van der Waals surface area contributed by atoms with Crippen LogP contribution < -0.4 is 5.32 Å². The highest BCUT2D eigenvalue weighted by molar-refractivity contribution is 5.62. The third-order valence-electron chi connectivity index (χ3n) is 3.15. The van der Waals surface area contributed by atoms with E-state index < -0.39 is 0 Å². The Bertz CT molecular complexity index is 619. The van der Waals surface area contributed by atoms with Gasteiger partial charge in [-0.15, -0.1) is 0 Å². The lowest BCUT2D eigenvalue weighted by atomic mass is 10.1. The first kappa shape index (κ1) is 14.0. The Kier molecular flexibility index (Phi) is 4.02. The number of imidazole rings is 1. The third kappa shape index (κ3) is 2.79. The number of nitrogens with zero attached hydrogens (tertiary/aromatic N) is 3. The SMILES string of the molecule is CNc1ccc(Cn2ccnc2C(C)C)cc1[N+](=O)[O-]. The first-order valence-corrected chi connectivity index (χ1v) is 6.49. The maximum absolute atomic E-state index is 11.1. The van der Waals surface area contributed by atoms with Crippen LogP contribution in [0.2, 0.25) is 0 Å². The molecule has 0 spiro atoms. The molecule has 1 aromatic carbocycles. The van der Waals surface area contributed by atoms with Crippen LogP contribution >= 0.6 is 0 Å². The van der Waals surface area contributed by atoms with Gasteiger partial charge in [-0.2, -0.15) is 0 Å². The molecule has 2 aromatic rings. The Hall–Kier alpha value is -2.37. The molecule has 0 saturated heterocycles. The number of anilines is 1. The minimum atomic E-state index is -0.368. The predicted molar refractivity (Wildman–Crippen MR) is 78.1 cm³/mol. The number of hydrogen-bond donors (Lipinski definition) is 1. The Morgan fingerprint density at radius 1 is 1.45 bits per heavy atom. The van der Waals surface area contributed by atoms with Crippen molar-refractivity contribution in [3.05, 3.63) is 52.1 Å². The molecule has 0 atom stereocenters. The van der Waals surface area contributed by atoms with Crippen LogP contribution in [0, 0.1) is 10.1 Å². The maximum atomic E-state index is 11.1. The fourth-order valence-electron chi connectivity index (χ4n) is 2.19. The topological polar surface area (TPSA) is 73.0 Å². The van der Waals surface area contributed by atoms with Crippen molar-refractivity contribution < 1.29 is 4.92 Å². The van der Waals surface area contributed by atoms with E-state index in [1.54, 1.807) is 25.4 Å². The summed E-state index contributed by atoms with van der Waals surface area (Å²) in [6, 6.07) is 5.23. The molecular weight excluding hydrogens is 256 g/mol. The Morgan fingerprint density at radius 3 is 2.80 bits per heavy atom. The van der Waals surface area contributed by atoms with E-state index in [2.05, 4.69) is 24.1 Å². The van der Waals surface area contributed by atoms with E-state index in [1.165, 1.54) is 0 Å². The van der Waals surface area contributed by atoms with Crippen LogP contribution in [0.4, 0.5) is 11.4 Å². The molecule has 1 heterocycles. The number of nitro groups is 1. The largest absolute Gasteiger partial charge is 0.383 e. The molecule has 20 heavy (non-hydrogen) atoms. The van der Waals surface area contributed by atoms with Crippen LogP contribution in [0.25, 0.3) is 0 Å². The van der Waals surface area contributed by atoms with Crippen molar-refractivity contribution in [2.45, 2.75) is 26.3 Å². The molecular formula is C14H18N4O2. The van der Waals surface area contributed by atoms with Gasteiger partial charge in [0.15, 0.2) is 0 Å². The van der Waals surface area contributed by atoms with Crippen LogP contribution in [0.5, 0.6) is 0 Å². The number of nitro benzene ring substituents is 1. The van der Waals surface area contributed by atoms with E-state index in [4.69, 9.17) is 0 Å². The van der Waals surface area contributed by atoms with Gasteiger partial charge in [0.2, 0.25) is 0 Å². The molecule has 6 heteroatoms. The summed E-state index contributed by atoms with van der Waals surface area (Å²) in [6.07, 6.45) is 3.65. The van der Waals surface area contributed by atoms with Crippen molar-refractivity contribution in [1.29, 1.82) is 0 Å². The smallest absolute Gasteiger partial charge is 0.292 e. The average Bonchev–Trinajstić information content (AvgIpc) is 2.87. The van der Waals surface area contributed by atoms with Gasteiger partial charge in [-0.05, 0) is 11.6 Å². The summed E-state index contributed by atoms with van der Waals surface area (Å²) in [5.41, 5.74) is 1.50. The summed E-state index contributed by atoms with van der Waals surface area (Å²) in [6.45, 7) is 4.73. The zero-order chi connectivity index (χ0) is 14.7. The Labute approximate surface area is 117 Å². The first-order chi connectivity index (χ1) is 9.52. The molecule has 2 rings (SSSR count). The number of rotatable bonds is 5.